The Morgan fingerprint density at radius 1 is 1.60 bits per heavy atom. The predicted molar refractivity (Wildman–Crippen MR) is 70.8 cm³/mol. The standard InChI is InChI=1S/C10H16N6O4/c1-10(2,8(17)20-3)5-13-7-6(16(18)19)4-12-9(14-7)15-11/h4H,5,11H2,1-3H3,(H2,12,13,14,15). The highest BCUT2D eigenvalue weighted by Crippen LogP contribution is 2.24. The van der Waals surface area contributed by atoms with Gasteiger partial charge in [0.25, 0.3) is 0 Å². The summed E-state index contributed by atoms with van der Waals surface area (Å²) in [6.07, 6.45) is 1.02. The lowest BCUT2D eigenvalue weighted by Crippen LogP contribution is -2.33. The minimum Gasteiger partial charge on any atom is -0.469 e. The Morgan fingerprint density at radius 2 is 2.25 bits per heavy atom. The quantitative estimate of drug-likeness (QED) is 0.290. The van der Waals surface area contributed by atoms with Crippen LogP contribution in [0.1, 0.15) is 13.8 Å². The summed E-state index contributed by atoms with van der Waals surface area (Å²) in [5.74, 6) is 4.69. The van der Waals surface area contributed by atoms with E-state index in [1.54, 1.807) is 13.8 Å². The van der Waals surface area contributed by atoms with E-state index in [0.29, 0.717) is 0 Å². The van der Waals surface area contributed by atoms with Gasteiger partial charge in [0.15, 0.2) is 0 Å². The number of hydrazine groups is 1. The Hall–Kier alpha value is -2.49. The van der Waals surface area contributed by atoms with Gasteiger partial charge in [-0.25, -0.2) is 10.8 Å². The fourth-order valence-corrected chi connectivity index (χ4v) is 1.36. The number of nitro groups is 1. The lowest BCUT2D eigenvalue weighted by atomic mass is 9.94. The molecular weight excluding hydrogens is 268 g/mol. The first kappa shape index (κ1) is 15.6. The zero-order valence-corrected chi connectivity index (χ0v) is 11.3. The summed E-state index contributed by atoms with van der Waals surface area (Å²) >= 11 is 0. The van der Waals surface area contributed by atoms with Gasteiger partial charge in [0.2, 0.25) is 11.8 Å². The topological polar surface area (TPSA) is 145 Å². The van der Waals surface area contributed by atoms with E-state index in [1.807, 2.05) is 0 Å². The van der Waals surface area contributed by atoms with E-state index in [4.69, 9.17) is 5.84 Å². The molecular formula is C10H16N6O4. The number of aromatic nitrogens is 2. The lowest BCUT2D eigenvalue weighted by Gasteiger charge is -2.21. The molecule has 1 aromatic rings. The number of nitrogens with one attached hydrogen (secondary N) is 2. The third kappa shape index (κ3) is 3.51. The van der Waals surface area contributed by atoms with Gasteiger partial charge in [-0.3, -0.25) is 20.3 Å². The van der Waals surface area contributed by atoms with Crippen molar-refractivity contribution in [3.8, 4) is 0 Å². The van der Waals surface area contributed by atoms with Crippen molar-refractivity contribution in [2.45, 2.75) is 13.8 Å². The van der Waals surface area contributed by atoms with Crippen LogP contribution in [0.3, 0.4) is 0 Å². The van der Waals surface area contributed by atoms with Crippen LogP contribution in [0.15, 0.2) is 6.20 Å². The normalized spacial score (nSPS) is 10.8. The van der Waals surface area contributed by atoms with Crippen LogP contribution in [0, 0.1) is 15.5 Å². The second-order valence-corrected chi connectivity index (χ2v) is 4.56. The molecule has 0 amide bonds. The number of nitrogen functional groups attached to an aromatic ring is 1. The average Bonchev–Trinajstić information content (AvgIpc) is 2.43. The molecule has 0 radical (unpaired) electrons. The van der Waals surface area contributed by atoms with Crippen molar-refractivity contribution < 1.29 is 14.5 Å². The van der Waals surface area contributed by atoms with E-state index in [-0.39, 0.29) is 24.0 Å². The number of carbonyl (C=O) groups excluding carboxylic acids is 1. The van der Waals surface area contributed by atoms with Gasteiger partial charge < -0.3 is 10.1 Å². The van der Waals surface area contributed by atoms with E-state index in [0.717, 1.165) is 6.20 Å². The summed E-state index contributed by atoms with van der Waals surface area (Å²) in [5.41, 5.74) is 1.00. The smallest absolute Gasteiger partial charge is 0.329 e. The van der Waals surface area contributed by atoms with Gasteiger partial charge in [-0.15, -0.1) is 0 Å². The Kier molecular flexibility index (Phi) is 4.75. The highest BCUT2D eigenvalue weighted by Gasteiger charge is 2.30. The molecule has 0 unspecified atom stereocenters. The van der Waals surface area contributed by atoms with E-state index >= 15 is 0 Å². The SMILES string of the molecule is COC(=O)C(C)(C)CNc1nc(NN)ncc1[N+](=O)[O-]. The number of methoxy groups -OCH3 is 1. The average molecular weight is 284 g/mol. The summed E-state index contributed by atoms with van der Waals surface area (Å²) in [6, 6.07) is 0. The summed E-state index contributed by atoms with van der Waals surface area (Å²) in [5, 5.41) is 13.6. The van der Waals surface area contributed by atoms with Crippen LogP contribution < -0.4 is 16.6 Å². The summed E-state index contributed by atoms with van der Waals surface area (Å²) in [4.78, 5) is 29.3. The van der Waals surface area contributed by atoms with Crippen molar-refractivity contribution in [1.82, 2.24) is 9.97 Å². The van der Waals surface area contributed by atoms with Crippen molar-refractivity contribution in [2.24, 2.45) is 11.3 Å². The molecule has 0 spiro atoms. The molecule has 0 aromatic carbocycles. The van der Waals surface area contributed by atoms with Crippen LogP contribution in [0.5, 0.6) is 0 Å². The molecule has 0 aliphatic rings. The second-order valence-electron chi connectivity index (χ2n) is 4.56. The first-order chi connectivity index (χ1) is 9.31. The third-order valence-corrected chi connectivity index (χ3v) is 2.53. The number of rotatable bonds is 6. The molecule has 0 aliphatic carbocycles. The number of nitrogens with two attached hydrogens (primary N) is 1. The number of carbonyl (C=O) groups is 1. The molecule has 10 heteroatoms. The molecule has 0 bridgehead atoms. The molecule has 0 atom stereocenters. The van der Waals surface area contributed by atoms with Gasteiger partial charge in [-0.05, 0) is 13.8 Å². The van der Waals surface area contributed by atoms with E-state index < -0.39 is 16.3 Å². The summed E-state index contributed by atoms with van der Waals surface area (Å²) < 4.78 is 4.65. The molecule has 1 aromatic heterocycles. The van der Waals surface area contributed by atoms with Crippen molar-refractivity contribution in [2.75, 3.05) is 24.4 Å². The molecule has 20 heavy (non-hydrogen) atoms. The van der Waals surface area contributed by atoms with Crippen molar-refractivity contribution in [3.05, 3.63) is 16.3 Å². The van der Waals surface area contributed by atoms with Crippen molar-refractivity contribution in [3.63, 3.8) is 0 Å². The molecule has 1 heterocycles. The van der Waals surface area contributed by atoms with Crippen LogP contribution in [-0.2, 0) is 9.53 Å². The zero-order chi connectivity index (χ0) is 15.3. The number of anilines is 2. The molecule has 110 valence electrons. The lowest BCUT2D eigenvalue weighted by molar-refractivity contribution is -0.384. The predicted octanol–water partition coefficient (Wildman–Crippen LogP) is 0.281. The van der Waals surface area contributed by atoms with Gasteiger partial charge in [0, 0.05) is 6.54 Å². The number of ether oxygens (including phenoxy) is 1. The molecule has 0 fully saturated rings. The first-order valence-corrected chi connectivity index (χ1v) is 5.62. The Morgan fingerprint density at radius 3 is 2.75 bits per heavy atom. The van der Waals surface area contributed by atoms with Crippen LogP contribution in [-0.4, -0.2) is 34.5 Å². The number of hydrogen-bond acceptors (Lipinski definition) is 9. The molecule has 0 aliphatic heterocycles. The minimum atomic E-state index is -0.871. The third-order valence-electron chi connectivity index (χ3n) is 2.53. The molecule has 1 rings (SSSR count). The Balaban J connectivity index is 2.96. The van der Waals surface area contributed by atoms with Gasteiger partial charge >= 0.3 is 11.7 Å². The maximum atomic E-state index is 11.5. The Bertz CT molecular complexity index is 518. The highest BCUT2D eigenvalue weighted by atomic mass is 16.6. The van der Waals surface area contributed by atoms with Crippen LogP contribution in [0.25, 0.3) is 0 Å². The maximum Gasteiger partial charge on any atom is 0.329 e. The molecule has 4 N–H and O–H groups in total. The summed E-state index contributed by atoms with van der Waals surface area (Å²) in [6.45, 7) is 3.38. The van der Waals surface area contributed by atoms with E-state index in [2.05, 4.69) is 25.4 Å². The number of nitrogens with zero attached hydrogens (tertiary/aromatic N) is 3. The second kappa shape index (κ2) is 6.10. The van der Waals surface area contributed by atoms with Gasteiger partial charge in [0.1, 0.15) is 6.20 Å². The molecule has 0 saturated heterocycles. The zero-order valence-electron chi connectivity index (χ0n) is 11.3. The molecule has 0 saturated carbocycles. The van der Waals surface area contributed by atoms with Crippen LogP contribution in [0.4, 0.5) is 17.5 Å². The fraction of sp³-hybridized carbons (Fsp3) is 0.500. The van der Waals surface area contributed by atoms with Gasteiger partial charge in [-0.2, -0.15) is 4.98 Å². The number of esters is 1. The van der Waals surface area contributed by atoms with E-state index in [9.17, 15) is 14.9 Å². The fourth-order valence-electron chi connectivity index (χ4n) is 1.36. The summed E-state index contributed by atoms with van der Waals surface area (Å²) in [7, 11) is 1.27. The van der Waals surface area contributed by atoms with Crippen molar-refractivity contribution >= 4 is 23.4 Å². The van der Waals surface area contributed by atoms with Crippen LogP contribution in [0.2, 0.25) is 0 Å². The monoisotopic (exact) mass is 284 g/mol. The largest absolute Gasteiger partial charge is 0.469 e. The van der Waals surface area contributed by atoms with Gasteiger partial charge in [-0.1, -0.05) is 0 Å². The Labute approximate surface area is 114 Å². The minimum absolute atomic E-state index is 0.0222. The van der Waals surface area contributed by atoms with Crippen LogP contribution >= 0.6 is 0 Å². The first-order valence-electron chi connectivity index (χ1n) is 5.62. The molecule has 10 nitrogen and oxygen atoms in total. The van der Waals surface area contributed by atoms with E-state index in [1.165, 1.54) is 7.11 Å². The van der Waals surface area contributed by atoms with Gasteiger partial charge in [0.05, 0.1) is 17.4 Å². The maximum absolute atomic E-state index is 11.5. The highest BCUT2D eigenvalue weighted by molar-refractivity contribution is 5.76. The number of hydrogen-bond donors (Lipinski definition) is 3. The van der Waals surface area contributed by atoms with Crippen molar-refractivity contribution in [1.29, 1.82) is 0 Å².